The normalized spacial score (nSPS) is 21.3. The van der Waals surface area contributed by atoms with Crippen molar-refractivity contribution in [2.75, 3.05) is 6.61 Å². The van der Waals surface area contributed by atoms with Crippen LogP contribution in [0.4, 0.5) is 0 Å². The first-order valence-electron chi connectivity index (χ1n) is 8.20. The van der Waals surface area contributed by atoms with Crippen molar-refractivity contribution >= 4 is 0 Å². The Labute approximate surface area is 140 Å². The fourth-order valence-electron chi connectivity index (χ4n) is 3.26. The maximum Gasteiger partial charge on any atom is 0.264 e. The minimum Gasteiger partial charge on any atom is -0.419 e. The van der Waals surface area contributed by atoms with Gasteiger partial charge in [0, 0.05) is 38.8 Å². The lowest BCUT2D eigenvalue weighted by Crippen LogP contribution is -2.23. The molecular weight excluding hydrogens is 306 g/mol. The molecule has 0 amide bonds. The van der Waals surface area contributed by atoms with Gasteiger partial charge in [-0.1, -0.05) is 0 Å². The molecule has 2 atom stereocenters. The molecule has 4 rings (SSSR count). The van der Waals surface area contributed by atoms with Crippen LogP contribution in [0, 0.1) is 6.92 Å². The van der Waals surface area contributed by atoms with Crippen LogP contribution >= 0.6 is 0 Å². The van der Waals surface area contributed by atoms with Crippen LogP contribution in [0.15, 0.2) is 28.9 Å². The summed E-state index contributed by atoms with van der Waals surface area (Å²) in [6, 6.07) is 4.04. The zero-order chi connectivity index (χ0) is 16.7. The van der Waals surface area contributed by atoms with Gasteiger partial charge in [0.25, 0.3) is 5.89 Å². The van der Waals surface area contributed by atoms with Gasteiger partial charge in [-0.3, -0.25) is 0 Å². The van der Waals surface area contributed by atoms with E-state index in [1.165, 1.54) is 0 Å². The number of ether oxygens (including phenoxy) is 1. The van der Waals surface area contributed by atoms with Gasteiger partial charge < -0.3 is 18.3 Å². The predicted molar refractivity (Wildman–Crippen MR) is 87.3 cm³/mol. The first-order valence-corrected chi connectivity index (χ1v) is 8.20. The topological polar surface area (TPSA) is 70.9 Å². The van der Waals surface area contributed by atoms with Gasteiger partial charge in [0.05, 0.1) is 5.92 Å². The Morgan fingerprint density at radius 1 is 1.21 bits per heavy atom. The number of hydrogen-bond acceptors (Lipinski definition) is 5. The molecule has 1 saturated heterocycles. The van der Waals surface area contributed by atoms with Crippen LogP contribution in [0.25, 0.3) is 11.6 Å². The van der Waals surface area contributed by atoms with Crippen molar-refractivity contribution < 1.29 is 9.15 Å². The lowest BCUT2D eigenvalue weighted by atomic mass is 9.93. The number of nitrogens with zero attached hydrogens (tertiary/aromatic N) is 5. The van der Waals surface area contributed by atoms with Gasteiger partial charge in [-0.2, -0.15) is 0 Å². The third kappa shape index (κ3) is 2.45. The van der Waals surface area contributed by atoms with Crippen LogP contribution in [-0.4, -0.2) is 30.9 Å². The summed E-state index contributed by atoms with van der Waals surface area (Å²) in [6.07, 6.45) is 5.49. The fraction of sp³-hybridized carbons (Fsp3) is 0.471. The average Bonchev–Trinajstić information content (AvgIpc) is 3.30. The van der Waals surface area contributed by atoms with E-state index in [0.29, 0.717) is 11.8 Å². The lowest BCUT2D eigenvalue weighted by Gasteiger charge is -2.28. The Bertz CT molecular complexity index is 847. The molecule has 24 heavy (non-hydrogen) atoms. The highest BCUT2D eigenvalue weighted by Gasteiger charge is 2.35. The highest BCUT2D eigenvalue weighted by atomic mass is 16.5. The molecule has 0 saturated carbocycles. The molecule has 1 fully saturated rings. The molecule has 0 bridgehead atoms. The monoisotopic (exact) mass is 327 g/mol. The van der Waals surface area contributed by atoms with Crippen LogP contribution in [-0.2, 0) is 18.8 Å². The molecule has 1 aliphatic rings. The van der Waals surface area contributed by atoms with Gasteiger partial charge in [0.2, 0.25) is 5.89 Å². The van der Waals surface area contributed by atoms with E-state index in [1.807, 2.05) is 48.5 Å². The smallest absolute Gasteiger partial charge is 0.264 e. The lowest BCUT2D eigenvalue weighted by molar-refractivity contribution is -0.0156. The fourth-order valence-corrected chi connectivity index (χ4v) is 3.26. The van der Waals surface area contributed by atoms with Crippen molar-refractivity contribution in [2.24, 2.45) is 14.1 Å². The van der Waals surface area contributed by atoms with Gasteiger partial charge in [0.1, 0.15) is 17.6 Å². The second-order valence-electron chi connectivity index (χ2n) is 6.30. The van der Waals surface area contributed by atoms with Gasteiger partial charge in [-0.05, 0) is 31.9 Å². The molecular formula is C17H21N5O2. The third-order valence-corrected chi connectivity index (χ3v) is 4.79. The van der Waals surface area contributed by atoms with Crippen LogP contribution < -0.4 is 0 Å². The summed E-state index contributed by atoms with van der Waals surface area (Å²) in [7, 11) is 3.97. The van der Waals surface area contributed by atoms with Crippen LogP contribution in [0.1, 0.15) is 42.3 Å². The van der Waals surface area contributed by atoms with E-state index in [2.05, 4.69) is 15.2 Å². The first-order chi connectivity index (χ1) is 11.6. The molecule has 0 unspecified atom stereocenters. The van der Waals surface area contributed by atoms with Gasteiger partial charge in [-0.15, -0.1) is 10.2 Å². The zero-order valence-corrected chi connectivity index (χ0v) is 14.1. The number of aromatic nitrogens is 5. The van der Waals surface area contributed by atoms with Gasteiger partial charge >= 0.3 is 0 Å². The highest BCUT2D eigenvalue weighted by molar-refractivity contribution is 5.49. The molecule has 3 aromatic heterocycles. The molecule has 7 nitrogen and oxygen atoms in total. The largest absolute Gasteiger partial charge is 0.419 e. The zero-order valence-electron chi connectivity index (χ0n) is 14.1. The van der Waals surface area contributed by atoms with Gasteiger partial charge in [-0.25, -0.2) is 4.98 Å². The quantitative estimate of drug-likeness (QED) is 0.740. The number of rotatable bonds is 3. The maximum absolute atomic E-state index is 6.01. The second-order valence-corrected chi connectivity index (χ2v) is 6.30. The summed E-state index contributed by atoms with van der Waals surface area (Å²) in [4.78, 5) is 4.44. The van der Waals surface area contributed by atoms with E-state index in [1.54, 1.807) is 6.20 Å². The van der Waals surface area contributed by atoms with E-state index >= 15 is 0 Å². The summed E-state index contributed by atoms with van der Waals surface area (Å²) in [5, 5.41) is 8.56. The van der Waals surface area contributed by atoms with Crippen molar-refractivity contribution in [3.63, 3.8) is 0 Å². The minimum atomic E-state index is -0.151. The third-order valence-electron chi connectivity index (χ3n) is 4.79. The predicted octanol–water partition coefficient (Wildman–Crippen LogP) is 2.75. The van der Waals surface area contributed by atoms with Crippen LogP contribution in [0.5, 0.6) is 0 Å². The summed E-state index contributed by atoms with van der Waals surface area (Å²) in [6.45, 7) is 2.78. The number of imidazole rings is 1. The minimum absolute atomic E-state index is 0.0301. The highest BCUT2D eigenvalue weighted by Crippen LogP contribution is 2.40. The molecule has 7 heteroatoms. The summed E-state index contributed by atoms with van der Waals surface area (Å²) >= 11 is 0. The van der Waals surface area contributed by atoms with Crippen molar-refractivity contribution in [1.82, 2.24) is 24.3 Å². The molecule has 0 radical (unpaired) electrons. The van der Waals surface area contributed by atoms with E-state index in [0.717, 1.165) is 36.7 Å². The van der Waals surface area contributed by atoms with Crippen molar-refractivity contribution in [2.45, 2.75) is 31.8 Å². The maximum atomic E-state index is 6.01. The number of aryl methyl sites for hydroxylation is 2. The Morgan fingerprint density at radius 2 is 2.08 bits per heavy atom. The van der Waals surface area contributed by atoms with Gasteiger partial charge in [0.15, 0.2) is 0 Å². The molecule has 0 aliphatic carbocycles. The molecule has 4 heterocycles. The molecule has 0 N–H and O–H groups in total. The SMILES string of the molecule is Cc1ccc(-c2nnc([C@@H]3CCCO[C@H]3c3nccn3C)o2)n1C. The Hall–Kier alpha value is -2.41. The Morgan fingerprint density at radius 3 is 2.79 bits per heavy atom. The summed E-state index contributed by atoms with van der Waals surface area (Å²) < 4.78 is 16.0. The second kappa shape index (κ2) is 5.90. The standard InChI is InChI=1S/C17H21N5O2/c1-11-6-7-13(22(11)3)17-20-19-16(24-17)12-5-4-10-23-14(12)15-18-8-9-21(15)2/h6-9,12,14H,4-5,10H2,1-3H3/t12-,14-/m1/s1. The molecule has 0 spiro atoms. The summed E-state index contributed by atoms with van der Waals surface area (Å²) in [5.41, 5.74) is 2.08. The van der Waals surface area contributed by atoms with E-state index in [-0.39, 0.29) is 12.0 Å². The molecule has 0 aromatic carbocycles. The van der Waals surface area contributed by atoms with Crippen LogP contribution in [0.2, 0.25) is 0 Å². The van der Waals surface area contributed by atoms with Crippen molar-refractivity contribution in [3.8, 4) is 11.6 Å². The van der Waals surface area contributed by atoms with E-state index in [9.17, 15) is 0 Å². The Kier molecular flexibility index (Phi) is 3.72. The number of hydrogen-bond donors (Lipinski definition) is 0. The average molecular weight is 327 g/mol. The summed E-state index contributed by atoms with van der Waals surface area (Å²) in [5.74, 6) is 2.10. The van der Waals surface area contributed by atoms with Crippen molar-refractivity contribution in [3.05, 3.63) is 41.9 Å². The molecule has 1 aliphatic heterocycles. The van der Waals surface area contributed by atoms with E-state index < -0.39 is 0 Å². The molecule has 126 valence electrons. The Balaban J connectivity index is 1.67. The first kappa shape index (κ1) is 15.1. The van der Waals surface area contributed by atoms with Crippen LogP contribution in [0.3, 0.4) is 0 Å². The van der Waals surface area contributed by atoms with Crippen molar-refractivity contribution in [1.29, 1.82) is 0 Å². The van der Waals surface area contributed by atoms with E-state index in [4.69, 9.17) is 9.15 Å². The molecule has 3 aromatic rings.